The number of hydrogen-bond donors (Lipinski definition) is 4. The van der Waals surface area contributed by atoms with Crippen molar-refractivity contribution in [2.45, 2.75) is 0 Å². The highest BCUT2D eigenvalue weighted by Gasteiger charge is 2.02. The fourth-order valence-corrected chi connectivity index (χ4v) is 0.915. The predicted octanol–water partition coefficient (Wildman–Crippen LogP) is 0.545. The van der Waals surface area contributed by atoms with Crippen LogP contribution in [-0.4, -0.2) is 16.2 Å². The van der Waals surface area contributed by atoms with Crippen molar-refractivity contribution in [2.24, 2.45) is 5.73 Å². The van der Waals surface area contributed by atoms with Crippen molar-refractivity contribution in [3.05, 3.63) is 29.8 Å². The van der Waals surface area contributed by atoms with Gasteiger partial charge in [0.2, 0.25) is 0 Å². The van der Waals surface area contributed by atoms with Gasteiger partial charge in [0.15, 0.2) is 5.11 Å². The molecule has 5 nitrogen and oxygen atoms in total. The van der Waals surface area contributed by atoms with Crippen LogP contribution < -0.4 is 16.6 Å². The lowest BCUT2D eigenvalue weighted by atomic mass is 10.2. The molecule has 0 heterocycles. The van der Waals surface area contributed by atoms with Crippen LogP contribution in [0.1, 0.15) is 10.4 Å². The van der Waals surface area contributed by atoms with Gasteiger partial charge in [0.05, 0.1) is 11.3 Å². The number of nitrogens with two attached hydrogens (primary N) is 1. The van der Waals surface area contributed by atoms with Gasteiger partial charge in [-0.25, -0.2) is 4.79 Å². The number of benzene rings is 1. The number of carboxylic acid groups (broad SMARTS) is 1. The topological polar surface area (TPSA) is 87.4 Å². The number of anilines is 1. The molecule has 6 heteroatoms. The smallest absolute Gasteiger partial charge is 0.335 e. The number of carboxylic acids is 1. The average molecular weight is 211 g/mol. The highest BCUT2D eigenvalue weighted by molar-refractivity contribution is 7.80. The van der Waals surface area contributed by atoms with E-state index < -0.39 is 5.97 Å². The Kier molecular flexibility index (Phi) is 3.24. The minimum atomic E-state index is -0.982. The summed E-state index contributed by atoms with van der Waals surface area (Å²) in [7, 11) is 0. The largest absolute Gasteiger partial charge is 0.478 e. The van der Waals surface area contributed by atoms with Crippen molar-refractivity contribution in [1.29, 1.82) is 0 Å². The minimum absolute atomic E-state index is 0.0886. The summed E-state index contributed by atoms with van der Waals surface area (Å²) >= 11 is 4.57. The maximum absolute atomic E-state index is 10.6. The van der Waals surface area contributed by atoms with Gasteiger partial charge in [0.25, 0.3) is 0 Å². The van der Waals surface area contributed by atoms with E-state index in [0.717, 1.165) is 0 Å². The van der Waals surface area contributed by atoms with Gasteiger partial charge >= 0.3 is 5.97 Å². The summed E-state index contributed by atoms with van der Waals surface area (Å²) in [6.07, 6.45) is 0. The molecular formula is C8H9N3O2S. The van der Waals surface area contributed by atoms with Crippen LogP contribution >= 0.6 is 12.2 Å². The molecule has 5 N–H and O–H groups in total. The Morgan fingerprint density at radius 2 is 2.21 bits per heavy atom. The summed E-state index contributed by atoms with van der Waals surface area (Å²) in [4.78, 5) is 10.6. The fraction of sp³-hybridized carbons (Fsp3) is 0. The van der Waals surface area contributed by atoms with E-state index in [1.165, 1.54) is 12.1 Å². The summed E-state index contributed by atoms with van der Waals surface area (Å²) in [5, 5.41) is 8.78. The molecule has 0 aliphatic heterocycles. The summed E-state index contributed by atoms with van der Waals surface area (Å²) in [6, 6.07) is 6.27. The number of aromatic carboxylic acids is 1. The van der Waals surface area contributed by atoms with Gasteiger partial charge in [-0.15, -0.1) is 0 Å². The lowest BCUT2D eigenvalue weighted by Crippen LogP contribution is -2.33. The van der Waals surface area contributed by atoms with Gasteiger partial charge in [-0.2, -0.15) is 0 Å². The van der Waals surface area contributed by atoms with Gasteiger partial charge in [-0.3, -0.25) is 10.9 Å². The molecule has 0 unspecified atom stereocenters. The quantitative estimate of drug-likeness (QED) is 0.431. The van der Waals surface area contributed by atoms with E-state index in [9.17, 15) is 4.79 Å². The standard InChI is InChI=1S/C8H9N3O2S/c9-8(14)11-10-6-3-1-2-5(4-6)7(12)13/h1-4,10H,(H,12,13)(H3,9,11,14). The molecule has 14 heavy (non-hydrogen) atoms. The molecule has 0 aliphatic carbocycles. The molecule has 0 fully saturated rings. The summed E-state index contributed by atoms with van der Waals surface area (Å²) < 4.78 is 0. The number of thiocarbonyl (C=S) groups is 1. The van der Waals surface area contributed by atoms with E-state index in [1.807, 2.05) is 0 Å². The van der Waals surface area contributed by atoms with Crippen molar-refractivity contribution in [2.75, 3.05) is 5.43 Å². The molecule has 74 valence electrons. The Hall–Kier alpha value is -1.82. The third kappa shape index (κ3) is 2.91. The third-order valence-electron chi connectivity index (χ3n) is 1.44. The van der Waals surface area contributed by atoms with Crippen LogP contribution in [0.25, 0.3) is 0 Å². The normalized spacial score (nSPS) is 9.14. The third-order valence-corrected chi connectivity index (χ3v) is 1.54. The van der Waals surface area contributed by atoms with Gasteiger partial charge in [0, 0.05) is 0 Å². The molecule has 0 spiro atoms. The van der Waals surface area contributed by atoms with Crippen molar-refractivity contribution in [3.8, 4) is 0 Å². The van der Waals surface area contributed by atoms with Crippen LogP contribution in [0.4, 0.5) is 5.69 Å². The van der Waals surface area contributed by atoms with E-state index in [-0.39, 0.29) is 10.7 Å². The molecule has 0 radical (unpaired) electrons. The van der Waals surface area contributed by atoms with Gasteiger partial charge in [-0.1, -0.05) is 6.07 Å². The molecule has 1 aromatic carbocycles. The maximum Gasteiger partial charge on any atom is 0.335 e. The van der Waals surface area contributed by atoms with Crippen LogP contribution in [0, 0.1) is 0 Å². The summed E-state index contributed by atoms with van der Waals surface area (Å²) in [5.74, 6) is -0.982. The molecule has 0 saturated heterocycles. The average Bonchev–Trinajstić information content (AvgIpc) is 2.15. The Labute approximate surface area is 85.9 Å². The van der Waals surface area contributed by atoms with E-state index in [4.69, 9.17) is 10.8 Å². The molecule has 1 rings (SSSR count). The predicted molar refractivity (Wildman–Crippen MR) is 56.9 cm³/mol. The van der Waals surface area contributed by atoms with Crippen molar-refractivity contribution in [1.82, 2.24) is 5.43 Å². The number of carbonyl (C=O) groups is 1. The zero-order chi connectivity index (χ0) is 10.6. The van der Waals surface area contributed by atoms with E-state index in [2.05, 4.69) is 23.1 Å². The Balaban J connectivity index is 2.73. The second-order valence-electron chi connectivity index (χ2n) is 2.50. The molecule has 0 atom stereocenters. The fourth-order valence-electron chi connectivity index (χ4n) is 0.864. The minimum Gasteiger partial charge on any atom is -0.478 e. The highest BCUT2D eigenvalue weighted by atomic mass is 32.1. The first-order valence-electron chi connectivity index (χ1n) is 3.74. The zero-order valence-electron chi connectivity index (χ0n) is 7.15. The molecule has 0 bridgehead atoms. The van der Waals surface area contributed by atoms with Crippen LogP contribution in [0.2, 0.25) is 0 Å². The van der Waals surface area contributed by atoms with Crippen molar-refractivity contribution >= 4 is 29.0 Å². The number of rotatable bonds is 3. The Morgan fingerprint density at radius 3 is 2.79 bits per heavy atom. The number of nitrogens with one attached hydrogen (secondary N) is 2. The SMILES string of the molecule is NC(=S)NNc1cccc(C(=O)O)c1. The van der Waals surface area contributed by atoms with Gasteiger partial charge < -0.3 is 10.8 Å². The Bertz CT molecular complexity index is 367. The van der Waals surface area contributed by atoms with E-state index >= 15 is 0 Å². The van der Waals surface area contributed by atoms with E-state index in [1.54, 1.807) is 12.1 Å². The molecule has 1 aromatic rings. The van der Waals surface area contributed by atoms with Gasteiger partial charge in [-0.05, 0) is 30.4 Å². The van der Waals surface area contributed by atoms with Crippen molar-refractivity contribution in [3.63, 3.8) is 0 Å². The summed E-state index contributed by atoms with van der Waals surface area (Å²) in [6.45, 7) is 0. The first kappa shape index (κ1) is 10.3. The van der Waals surface area contributed by atoms with E-state index in [0.29, 0.717) is 5.69 Å². The van der Waals surface area contributed by atoms with Crippen LogP contribution in [0.15, 0.2) is 24.3 Å². The van der Waals surface area contributed by atoms with Crippen molar-refractivity contribution < 1.29 is 9.90 Å². The molecule has 0 saturated carbocycles. The first-order valence-corrected chi connectivity index (χ1v) is 4.15. The molecule has 0 aromatic heterocycles. The maximum atomic E-state index is 10.6. The highest BCUT2D eigenvalue weighted by Crippen LogP contribution is 2.09. The first-order chi connectivity index (χ1) is 6.59. The van der Waals surface area contributed by atoms with Crippen LogP contribution in [0.5, 0.6) is 0 Å². The zero-order valence-corrected chi connectivity index (χ0v) is 7.97. The number of hydrogen-bond acceptors (Lipinski definition) is 3. The lowest BCUT2D eigenvalue weighted by Gasteiger charge is -2.07. The second-order valence-corrected chi connectivity index (χ2v) is 2.94. The van der Waals surface area contributed by atoms with Crippen LogP contribution in [0.3, 0.4) is 0 Å². The second kappa shape index (κ2) is 4.43. The number of hydrazine groups is 1. The molecular weight excluding hydrogens is 202 g/mol. The lowest BCUT2D eigenvalue weighted by molar-refractivity contribution is 0.0697. The Morgan fingerprint density at radius 1 is 1.50 bits per heavy atom. The van der Waals surface area contributed by atoms with Crippen LogP contribution in [-0.2, 0) is 0 Å². The monoisotopic (exact) mass is 211 g/mol. The molecule has 0 amide bonds. The summed E-state index contributed by atoms with van der Waals surface area (Å²) in [5.41, 5.74) is 11.1. The molecule has 0 aliphatic rings. The van der Waals surface area contributed by atoms with Gasteiger partial charge in [0.1, 0.15) is 0 Å².